The van der Waals surface area contributed by atoms with E-state index in [1.54, 1.807) is 0 Å². The summed E-state index contributed by atoms with van der Waals surface area (Å²) in [4.78, 5) is 43.0. The molecule has 0 saturated carbocycles. The number of aryl methyl sites for hydroxylation is 3. The Morgan fingerprint density at radius 2 is 1.88 bits per heavy atom. The first kappa shape index (κ1) is 16.4. The molecule has 0 aliphatic carbocycles. The lowest BCUT2D eigenvalue weighted by atomic mass is 9.99. The molecule has 2 aromatic heterocycles. The van der Waals surface area contributed by atoms with Gasteiger partial charge in [0.05, 0.1) is 6.54 Å². The van der Waals surface area contributed by atoms with Gasteiger partial charge in [0.15, 0.2) is 21.7 Å². The Morgan fingerprint density at radius 1 is 1.25 bits per heavy atom. The third-order valence-electron chi connectivity index (χ3n) is 4.02. The fourth-order valence-electron chi connectivity index (χ4n) is 2.83. The van der Waals surface area contributed by atoms with Crippen molar-refractivity contribution < 1.29 is 4.79 Å². The van der Waals surface area contributed by atoms with Crippen molar-refractivity contribution in [2.75, 3.05) is 0 Å². The Kier molecular flexibility index (Phi) is 4.00. The summed E-state index contributed by atoms with van der Waals surface area (Å²) in [5.74, 6) is -0.126. The average Bonchev–Trinajstić information content (AvgIpc) is 2.82. The van der Waals surface area contributed by atoms with Crippen LogP contribution in [-0.4, -0.2) is 24.9 Å². The van der Waals surface area contributed by atoms with Gasteiger partial charge in [-0.25, -0.2) is 9.78 Å². The molecular weight excluding hydrogens is 376 g/mol. The van der Waals surface area contributed by atoms with Crippen LogP contribution in [-0.2, 0) is 13.6 Å². The Labute approximate surface area is 145 Å². The highest BCUT2D eigenvalue weighted by molar-refractivity contribution is 9.10. The number of aromatic nitrogens is 4. The van der Waals surface area contributed by atoms with Crippen molar-refractivity contribution in [2.24, 2.45) is 7.05 Å². The molecule has 0 unspecified atom stereocenters. The fourth-order valence-corrected chi connectivity index (χ4v) is 3.30. The zero-order valence-electron chi connectivity index (χ0n) is 13.4. The number of imidazole rings is 1. The second kappa shape index (κ2) is 5.86. The molecule has 0 saturated heterocycles. The van der Waals surface area contributed by atoms with Crippen LogP contribution in [0.15, 0.2) is 32.5 Å². The first-order chi connectivity index (χ1) is 11.3. The number of rotatable bonds is 3. The van der Waals surface area contributed by atoms with Crippen LogP contribution in [0.25, 0.3) is 11.2 Å². The lowest BCUT2D eigenvalue weighted by Gasteiger charge is -2.10. The topological polar surface area (TPSA) is 89.8 Å². The first-order valence-electron chi connectivity index (χ1n) is 7.25. The molecule has 3 aromatic rings. The Morgan fingerprint density at radius 3 is 2.50 bits per heavy atom. The third-order valence-corrected chi connectivity index (χ3v) is 4.63. The number of nitrogens with one attached hydrogen (secondary N) is 1. The molecular formula is C16H15BrN4O3. The number of nitrogens with zero attached hydrogens (tertiary/aromatic N) is 3. The second-order valence-corrected chi connectivity index (χ2v) is 6.36. The van der Waals surface area contributed by atoms with Crippen molar-refractivity contribution in [2.45, 2.75) is 20.4 Å². The summed E-state index contributed by atoms with van der Waals surface area (Å²) in [6.07, 6.45) is 0. The van der Waals surface area contributed by atoms with E-state index in [-0.39, 0.29) is 23.5 Å². The molecule has 0 amide bonds. The van der Waals surface area contributed by atoms with E-state index in [2.05, 4.69) is 25.9 Å². The molecule has 3 rings (SSSR count). The molecule has 0 spiro atoms. The van der Waals surface area contributed by atoms with Crippen LogP contribution in [0.1, 0.15) is 21.5 Å². The number of benzene rings is 1. The van der Waals surface area contributed by atoms with E-state index in [1.807, 2.05) is 32.0 Å². The van der Waals surface area contributed by atoms with Crippen LogP contribution in [0.3, 0.4) is 0 Å². The van der Waals surface area contributed by atoms with Gasteiger partial charge in [0.25, 0.3) is 5.56 Å². The number of hydrogen-bond donors (Lipinski definition) is 1. The summed E-state index contributed by atoms with van der Waals surface area (Å²) >= 11 is 3.27. The lowest BCUT2D eigenvalue weighted by molar-refractivity contribution is 0.0971. The van der Waals surface area contributed by atoms with E-state index in [0.29, 0.717) is 10.3 Å². The molecule has 1 N–H and O–H groups in total. The van der Waals surface area contributed by atoms with Gasteiger partial charge in [0.1, 0.15) is 0 Å². The van der Waals surface area contributed by atoms with Gasteiger partial charge in [-0.05, 0) is 40.9 Å². The molecule has 0 fully saturated rings. The van der Waals surface area contributed by atoms with Gasteiger partial charge in [-0.1, -0.05) is 18.2 Å². The van der Waals surface area contributed by atoms with Gasteiger partial charge in [-0.2, -0.15) is 0 Å². The SMILES string of the molecule is Cc1cccc(C)c1C(=O)Cn1c(Br)nc2c1c(=O)[nH]c(=O)n2C. The average molecular weight is 391 g/mol. The molecule has 2 heterocycles. The van der Waals surface area contributed by atoms with Gasteiger partial charge in [0, 0.05) is 12.6 Å². The highest BCUT2D eigenvalue weighted by Crippen LogP contribution is 2.19. The van der Waals surface area contributed by atoms with Gasteiger partial charge in [-0.15, -0.1) is 0 Å². The van der Waals surface area contributed by atoms with Crippen molar-refractivity contribution in [3.8, 4) is 0 Å². The van der Waals surface area contributed by atoms with E-state index in [1.165, 1.54) is 16.2 Å². The summed E-state index contributed by atoms with van der Waals surface area (Å²) in [5, 5.41) is 0. The summed E-state index contributed by atoms with van der Waals surface area (Å²) in [6, 6.07) is 5.64. The van der Waals surface area contributed by atoms with Gasteiger partial charge in [0.2, 0.25) is 0 Å². The monoisotopic (exact) mass is 390 g/mol. The van der Waals surface area contributed by atoms with E-state index < -0.39 is 11.2 Å². The molecule has 0 radical (unpaired) electrons. The summed E-state index contributed by atoms with van der Waals surface area (Å²) in [6.45, 7) is 3.69. The van der Waals surface area contributed by atoms with E-state index >= 15 is 0 Å². The van der Waals surface area contributed by atoms with Gasteiger partial charge < -0.3 is 4.57 Å². The maximum Gasteiger partial charge on any atom is 0.329 e. The lowest BCUT2D eigenvalue weighted by Crippen LogP contribution is -2.29. The minimum atomic E-state index is -0.569. The maximum atomic E-state index is 12.8. The van der Waals surface area contributed by atoms with Gasteiger partial charge in [-0.3, -0.25) is 19.1 Å². The number of ketones is 1. The standard InChI is InChI=1S/C16H15BrN4O3/c1-8-5-4-6-9(2)11(8)10(22)7-21-12-13(18-15(21)17)20(3)16(24)19-14(12)23/h4-6H,7H2,1-3H3,(H,19,23,24). The maximum absolute atomic E-state index is 12.8. The van der Waals surface area contributed by atoms with Crippen LogP contribution >= 0.6 is 15.9 Å². The minimum absolute atomic E-state index is 0.0515. The Hall–Kier alpha value is -2.48. The Bertz CT molecular complexity index is 1070. The zero-order chi connectivity index (χ0) is 17.6. The number of hydrogen-bond acceptors (Lipinski definition) is 4. The smallest absolute Gasteiger partial charge is 0.305 e. The van der Waals surface area contributed by atoms with Crippen molar-refractivity contribution in [1.82, 2.24) is 19.1 Å². The predicted molar refractivity (Wildman–Crippen MR) is 93.5 cm³/mol. The number of halogens is 1. The number of carbonyl (C=O) groups excluding carboxylic acids is 1. The normalized spacial score (nSPS) is 11.2. The van der Waals surface area contributed by atoms with Crippen molar-refractivity contribution >= 4 is 32.9 Å². The molecule has 0 atom stereocenters. The highest BCUT2D eigenvalue weighted by atomic mass is 79.9. The molecule has 0 aliphatic rings. The first-order valence-corrected chi connectivity index (χ1v) is 8.05. The van der Waals surface area contributed by atoms with E-state index in [4.69, 9.17) is 0 Å². The fraction of sp³-hybridized carbons (Fsp3) is 0.250. The number of carbonyl (C=O) groups is 1. The molecule has 1 aromatic carbocycles. The van der Waals surface area contributed by atoms with Crippen molar-refractivity contribution in [1.29, 1.82) is 0 Å². The quantitative estimate of drug-likeness (QED) is 0.544. The molecule has 24 heavy (non-hydrogen) atoms. The largest absolute Gasteiger partial charge is 0.329 e. The van der Waals surface area contributed by atoms with E-state index in [9.17, 15) is 14.4 Å². The number of Topliss-reactive ketones (excluding diaryl/α,β-unsaturated/α-hetero) is 1. The summed E-state index contributed by atoms with van der Waals surface area (Å²) < 4.78 is 3.03. The summed E-state index contributed by atoms with van der Waals surface area (Å²) in [7, 11) is 1.51. The van der Waals surface area contributed by atoms with Crippen LogP contribution < -0.4 is 11.2 Å². The molecule has 8 heteroatoms. The molecule has 0 aliphatic heterocycles. The van der Waals surface area contributed by atoms with Crippen LogP contribution in [0, 0.1) is 13.8 Å². The molecule has 124 valence electrons. The minimum Gasteiger partial charge on any atom is -0.305 e. The zero-order valence-corrected chi connectivity index (χ0v) is 15.0. The summed E-state index contributed by atoms with van der Waals surface area (Å²) in [5.41, 5.74) is 1.68. The van der Waals surface area contributed by atoms with Crippen molar-refractivity contribution in [3.63, 3.8) is 0 Å². The van der Waals surface area contributed by atoms with Crippen LogP contribution in [0.5, 0.6) is 0 Å². The number of fused-ring (bicyclic) bond motifs is 1. The molecule has 7 nitrogen and oxygen atoms in total. The third kappa shape index (κ3) is 2.52. The van der Waals surface area contributed by atoms with Crippen molar-refractivity contribution in [3.05, 3.63) is 60.5 Å². The second-order valence-electron chi connectivity index (χ2n) is 5.65. The van der Waals surface area contributed by atoms with Crippen LogP contribution in [0.4, 0.5) is 0 Å². The molecule has 0 bridgehead atoms. The van der Waals surface area contributed by atoms with E-state index in [0.717, 1.165) is 11.1 Å². The number of H-pyrrole nitrogens is 1. The highest BCUT2D eigenvalue weighted by Gasteiger charge is 2.20. The predicted octanol–water partition coefficient (Wildman–Crippen LogP) is 1.69. The van der Waals surface area contributed by atoms with Gasteiger partial charge >= 0.3 is 5.69 Å². The van der Waals surface area contributed by atoms with Crippen LogP contribution in [0.2, 0.25) is 0 Å². The number of aromatic amines is 1. The Balaban J connectivity index is 2.16.